The van der Waals surface area contributed by atoms with Gasteiger partial charge in [0.15, 0.2) is 0 Å². The first kappa shape index (κ1) is 13.4. The number of nitrogens with zero attached hydrogens (tertiary/aromatic N) is 4. The first-order chi connectivity index (χ1) is 8.91. The predicted octanol–water partition coefficient (Wildman–Crippen LogP) is 0.651. The molecule has 1 heterocycles. The molecule has 0 aliphatic carbocycles. The van der Waals surface area contributed by atoms with Crippen LogP contribution in [0.15, 0.2) is 33.9 Å². The first-order valence-electron chi connectivity index (χ1n) is 5.55. The van der Waals surface area contributed by atoms with Crippen molar-refractivity contribution in [3.8, 4) is 5.69 Å². The van der Waals surface area contributed by atoms with Gasteiger partial charge >= 0.3 is 11.4 Å². The predicted molar refractivity (Wildman–Crippen MR) is 74.4 cm³/mol. The summed E-state index contributed by atoms with van der Waals surface area (Å²) in [5, 5.41) is 0.447. The molecule has 2 rings (SSSR count). The third-order valence-corrected chi connectivity index (χ3v) is 2.87. The lowest BCUT2D eigenvalue weighted by Gasteiger charge is -2.15. The van der Waals surface area contributed by atoms with Crippen molar-refractivity contribution in [1.29, 1.82) is 0 Å². The number of aromatic nitrogens is 3. The van der Waals surface area contributed by atoms with Gasteiger partial charge in [0, 0.05) is 26.2 Å². The summed E-state index contributed by atoms with van der Waals surface area (Å²) in [4.78, 5) is 29.7. The van der Waals surface area contributed by atoms with Gasteiger partial charge in [-0.15, -0.1) is 0 Å². The summed E-state index contributed by atoms with van der Waals surface area (Å²) in [6.07, 6.45) is 0. The standard InChI is InChI=1S/C12H13ClN4O2/c1-15(2)10-14-11(18)17(12(19)16(10)3)9-6-4-5-8(13)7-9/h4-7H,1-3H3. The number of rotatable bonds is 2. The lowest BCUT2D eigenvalue weighted by Crippen LogP contribution is -2.42. The Balaban J connectivity index is 2.77. The van der Waals surface area contributed by atoms with Gasteiger partial charge in [0.2, 0.25) is 5.95 Å². The number of halogens is 1. The van der Waals surface area contributed by atoms with Crippen molar-refractivity contribution in [2.45, 2.75) is 0 Å². The van der Waals surface area contributed by atoms with Crippen LogP contribution >= 0.6 is 11.6 Å². The molecular weight excluding hydrogens is 268 g/mol. The fraction of sp³-hybridized carbons (Fsp3) is 0.250. The van der Waals surface area contributed by atoms with Gasteiger partial charge in [-0.25, -0.2) is 14.2 Å². The highest BCUT2D eigenvalue weighted by Crippen LogP contribution is 2.12. The van der Waals surface area contributed by atoms with Gasteiger partial charge in [-0.2, -0.15) is 4.98 Å². The zero-order valence-corrected chi connectivity index (χ0v) is 11.5. The van der Waals surface area contributed by atoms with Gasteiger partial charge in [0.05, 0.1) is 5.69 Å². The van der Waals surface area contributed by atoms with Crippen LogP contribution in [-0.2, 0) is 7.05 Å². The van der Waals surface area contributed by atoms with E-state index in [1.54, 1.807) is 50.3 Å². The summed E-state index contributed by atoms with van der Waals surface area (Å²) < 4.78 is 2.29. The van der Waals surface area contributed by atoms with Crippen LogP contribution in [0.3, 0.4) is 0 Å². The van der Waals surface area contributed by atoms with E-state index in [9.17, 15) is 9.59 Å². The number of hydrogen-bond donors (Lipinski definition) is 0. The van der Waals surface area contributed by atoms with Crippen molar-refractivity contribution in [3.63, 3.8) is 0 Å². The quantitative estimate of drug-likeness (QED) is 0.810. The molecule has 0 atom stereocenters. The Hall–Kier alpha value is -2.08. The van der Waals surface area contributed by atoms with Crippen molar-refractivity contribution in [3.05, 3.63) is 50.3 Å². The minimum Gasteiger partial charge on any atom is -0.348 e. The van der Waals surface area contributed by atoms with Crippen molar-refractivity contribution in [2.75, 3.05) is 19.0 Å². The molecule has 2 aromatic rings. The summed E-state index contributed by atoms with van der Waals surface area (Å²) in [6.45, 7) is 0. The molecule has 0 fully saturated rings. The lowest BCUT2D eigenvalue weighted by atomic mass is 10.3. The third-order valence-electron chi connectivity index (χ3n) is 2.63. The normalized spacial score (nSPS) is 10.5. The summed E-state index contributed by atoms with van der Waals surface area (Å²) in [7, 11) is 4.99. The molecule has 0 spiro atoms. The second-order valence-corrected chi connectivity index (χ2v) is 4.68. The highest BCUT2D eigenvalue weighted by molar-refractivity contribution is 6.30. The fourth-order valence-corrected chi connectivity index (χ4v) is 1.95. The average Bonchev–Trinajstić information content (AvgIpc) is 2.33. The molecule has 0 bridgehead atoms. The highest BCUT2D eigenvalue weighted by Gasteiger charge is 2.13. The maximum Gasteiger partial charge on any atom is 0.359 e. The molecule has 0 saturated carbocycles. The molecule has 19 heavy (non-hydrogen) atoms. The Labute approximate surface area is 114 Å². The Morgan fingerprint density at radius 3 is 2.53 bits per heavy atom. The topological polar surface area (TPSA) is 60.1 Å². The Bertz CT molecular complexity index is 733. The molecule has 0 unspecified atom stereocenters. The monoisotopic (exact) mass is 280 g/mol. The van der Waals surface area contributed by atoms with E-state index in [-0.39, 0.29) is 0 Å². The van der Waals surface area contributed by atoms with E-state index in [2.05, 4.69) is 4.98 Å². The van der Waals surface area contributed by atoms with Gasteiger partial charge in [-0.1, -0.05) is 17.7 Å². The molecule has 100 valence electrons. The largest absolute Gasteiger partial charge is 0.359 e. The van der Waals surface area contributed by atoms with Gasteiger partial charge in [-0.05, 0) is 18.2 Å². The van der Waals surface area contributed by atoms with E-state index in [1.807, 2.05) is 0 Å². The van der Waals surface area contributed by atoms with E-state index in [0.29, 0.717) is 16.7 Å². The Morgan fingerprint density at radius 2 is 1.95 bits per heavy atom. The number of hydrogen-bond acceptors (Lipinski definition) is 4. The average molecular weight is 281 g/mol. The summed E-state index contributed by atoms with van der Waals surface area (Å²) in [5.74, 6) is 0.299. The molecular formula is C12H13ClN4O2. The Kier molecular flexibility index (Phi) is 3.44. The first-order valence-corrected chi connectivity index (χ1v) is 5.93. The van der Waals surface area contributed by atoms with Crippen molar-refractivity contribution >= 4 is 17.5 Å². The fourth-order valence-electron chi connectivity index (χ4n) is 1.76. The minimum absolute atomic E-state index is 0.299. The summed E-state index contributed by atoms with van der Waals surface area (Å²) in [5.41, 5.74) is -0.698. The number of benzene rings is 1. The maximum absolute atomic E-state index is 12.2. The van der Waals surface area contributed by atoms with Gasteiger partial charge in [0.1, 0.15) is 0 Å². The third kappa shape index (κ3) is 2.39. The minimum atomic E-state index is -0.630. The smallest absolute Gasteiger partial charge is 0.348 e. The van der Waals surface area contributed by atoms with Crippen LogP contribution in [-0.4, -0.2) is 28.2 Å². The zero-order chi connectivity index (χ0) is 14.2. The molecule has 1 aromatic carbocycles. The molecule has 0 amide bonds. The molecule has 0 aliphatic heterocycles. The van der Waals surface area contributed by atoms with Crippen molar-refractivity contribution in [2.24, 2.45) is 7.05 Å². The second kappa shape index (κ2) is 4.89. The molecule has 6 nitrogen and oxygen atoms in total. The van der Waals surface area contributed by atoms with Gasteiger partial charge < -0.3 is 4.90 Å². The van der Waals surface area contributed by atoms with Crippen LogP contribution in [0.25, 0.3) is 5.69 Å². The van der Waals surface area contributed by atoms with E-state index in [1.165, 1.54) is 4.57 Å². The second-order valence-electron chi connectivity index (χ2n) is 4.25. The van der Waals surface area contributed by atoms with Crippen LogP contribution < -0.4 is 16.3 Å². The van der Waals surface area contributed by atoms with Crippen molar-refractivity contribution in [1.82, 2.24) is 14.1 Å². The molecule has 1 aromatic heterocycles. The SMILES string of the molecule is CN(C)c1nc(=O)n(-c2cccc(Cl)c2)c(=O)n1C. The van der Waals surface area contributed by atoms with Crippen LogP contribution in [0.1, 0.15) is 0 Å². The molecule has 0 radical (unpaired) electrons. The molecule has 0 aliphatic rings. The van der Waals surface area contributed by atoms with Crippen LogP contribution in [0.2, 0.25) is 5.02 Å². The van der Waals surface area contributed by atoms with E-state index in [4.69, 9.17) is 11.6 Å². The van der Waals surface area contributed by atoms with Crippen LogP contribution in [0, 0.1) is 0 Å². The van der Waals surface area contributed by atoms with Crippen LogP contribution in [0.5, 0.6) is 0 Å². The molecule has 0 saturated heterocycles. The highest BCUT2D eigenvalue weighted by atomic mass is 35.5. The van der Waals surface area contributed by atoms with E-state index in [0.717, 1.165) is 4.57 Å². The number of anilines is 1. The van der Waals surface area contributed by atoms with Gasteiger partial charge in [0.25, 0.3) is 0 Å². The maximum atomic E-state index is 12.2. The van der Waals surface area contributed by atoms with Crippen molar-refractivity contribution < 1.29 is 0 Å². The van der Waals surface area contributed by atoms with E-state index >= 15 is 0 Å². The summed E-state index contributed by atoms with van der Waals surface area (Å²) in [6, 6.07) is 6.51. The van der Waals surface area contributed by atoms with Crippen LogP contribution in [0.4, 0.5) is 5.95 Å². The molecule has 7 heteroatoms. The van der Waals surface area contributed by atoms with Gasteiger partial charge in [-0.3, -0.25) is 4.57 Å². The zero-order valence-electron chi connectivity index (χ0n) is 10.8. The van der Waals surface area contributed by atoms with E-state index < -0.39 is 11.4 Å². The Morgan fingerprint density at radius 1 is 1.26 bits per heavy atom. The molecule has 0 N–H and O–H groups in total. The summed E-state index contributed by atoms with van der Waals surface area (Å²) >= 11 is 5.87. The lowest BCUT2D eigenvalue weighted by molar-refractivity contribution is 0.683.